The summed E-state index contributed by atoms with van der Waals surface area (Å²) in [6, 6.07) is 6.58. The number of carbonyl (C=O) groups excluding carboxylic acids is 2. The van der Waals surface area contributed by atoms with Gasteiger partial charge in [0.15, 0.2) is 0 Å². The first-order chi connectivity index (χ1) is 16.4. The summed E-state index contributed by atoms with van der Waals surface area (Å²) < 4.78 is 11.4. The summed E-state index contributed by atoms with van der Waals surface area (Å²) in [5.41, 5.74) is 6.11. The molecule has 1 aromatic rings. The normalized spacial score (nSPS) is 31.9. The molecular formula is C24H34ClN5O4. The maximum atomic E-state index is 13.5. The van der Waals surface area contributed by atoms with Gasteiger partial charge in [-0.25, -0.2) is 9.80 Å². The first kappa shape index (κ1) is 23.8. The molecule has 3 heterocycles. The van der Waals surface area contributed by atoms with E-state index in [1.54, 1.807) is 23.8 Å². The van der Waals surface area contributed by atoms with Gasteiger partial charge in [0.25, 0.3) is 0 Å². The smallest absolute Gasteiger partial charge is 0.414 e. The fourth-order valence-electron chi connectivity index (χ4n) is 5.40. The van der Waals surface area contributed by atoms with E-state index in [9.17, 15) is 9.59 Å². The summed E-state index contributed by atoms with van der Waals surface area (Å²) in [7, 11) is 1.59. The Morgan fingerprint density at radius 2 is 1.94 bits per heavy atom. The lowest BCUT2D eigenvalue weighted by atomic mass is 9.97. The fraction of sp³-hybridized carbons (Fsp3) is 0.667. The molecular weight excluding hydrogens is 458 g/mol. The number of nitrogens with one attached hydrogen (secondary N) is 2. The standard InChI is InChI=1S/C24H34ClN5O4/c1-14-12-28(24(32)34-22-9-18(25)11-26-23(22)33-3)21-8-16(4-7-20(21)30(14)15(2)31)17-10-27-29(13-17)19-5-6-19/h4,7-8,14,17-19,22-23,26-27H,5-6,9-13H2,1-3H3/t14-,17?,18?,22?,23?/m0/s1. The molecule has 10 heteroatoms. The van der Waals surface area contributed by atoms with Crippen LogP contribution in [0.4, 0.5) is 16.2 Å². The van der Waals surface area contributed by atoms with Crippen molar-refractivity contribution in [1.29, 1.82) is 0 Å². The molecule has 2 amide bonds. The second kappa shape index (κ2) is 9.62. The highest BCUT2D eigenvalue weighted by Gasteiger charge is 2.39. The number of benzene rings is 1. The third-order valence-corrected chi connectivity index (χ3v) is 7.62. The van der Waals surface area contributed by atoms with E-state index < -0.39 is 18.4 Å². The molecule has 5 rings (SSSR count). The number of nitrogens with zero attached hydrogens (tertiary/aromatic N) is 3. The van der Waals surface area contributed by atoms with E-state index in [0.29, 0.717) is 37.2 Å². The van der Waals surface area contributed by atoms with Crippen molar-refractivity contribution in [3.05, 3.63) is 23.8 Å². The summed E-state index contributed by atoms with van der Waals surface area (Å²) in [5, 5.41) is 5.38. The van der Waals surface area contributed by atoms with Crippen LogP contribution < -0.4 is 20.5 Å². The molecule has 0 bridgehead atoms. The van der Waals surface area contributed by atoms with Gasteiger partial charge in [0, 0.05) is 64.0 Å². The first-order valence-electron chi connectivity index (χ1n) is 12.2. The number of hydrogen-bond acceptors (Lipinski definition) is 7. The number of piperidine rings is 1. The zero-order valence-electron chi connectivity index (χ0n) is 20.0. The number of carbonyl (C=O) groups is 2. The zero-order valence-corrected chi connectivity index (χ0v) is 20.8. The van der Waals surface area contributed by atoms with Crippen LogP contribution in [0.1, 0.15) is 44.6 Å². The van der Waals surface area contributed by atoms with Crippen molar-refractivity contribution in [3.8, 4) is 0 Å². The van der Waals surface area contributed by atoms with Crippen LogP contribution in [0.15, 0.2) is 18.2 Å². The van der Waals surface area contributed by atoms with Crippen LogP contribution in [0.2, 0.25) is 0 Å². The number of fused-ring (bicyclic) bond motifs is 1. The maximum absolute atomic E-state index is 13.5. The SMILES string of the molecule is COC1NCC(Cl)CC1OC(=O)N1C[C@H](C)N(C(C)=O)c2ccc(C3CNN(C4CC4)C3)cc21. The van der Waals surface area contributed by atoms with Crippen molar-refractivity contribution in [1.82, 2.24) is 15.8 Å². The average Bonchev–Trinajstić information content (AvgIpc) is 3.54. The highest BCUT2D eigenvalue weighted by atomic mass is 35.5. The first-order valence-corrected chi connectivity index (χ1v) is 12.6. The number of hydrogen-bond donors (Lipinski definition) is 2. The Labute approximate surface area is 205 Å². The van der Waals surface area contributed by atoms with Crippen LogP contribution in [-0.4, -0.2) is 80.1 Å². The lowest BCUT2D eigenvalue weighted by molar-refractivity contribution is -0.117. The topological polar surface area (TPSA) is 86.4 Å². The van der Waals surface area contributed by atoms with Gasteiger partial charge in [-0.15, -0.1) is 11.6 Å². The van der Waals surface area contributed by atoms with Crippen LogP contribution in [-0.2, 0) is 14.3 Å². The Kier molecular flexibility index (Phi) is 6.74. The second-order valence-corrected chi connectivity index (χ2v) is 10.5. The summed E-state index contributed by atoms with van der Waals surface area (Å²) in [4.78, 5) is 29.4. The van der Waals surface area contributed by atoms with Crippen molar-refractivity contribution < 1.29 is 19.1 Å². The summed E-state index contributed by atoms with van der Waals surface area (Å²) in [6.07, 6.45) is 1.66. The molecule has 1 aromatic carbocycles. The van der Waals surface area contributed by atoms with Crippen molar-refractivity contribution >= 4 is 35.0 Å². The van der Waals surface area contributed by atoms with Gasteiger partial charge in [0.1, 0.15) is 12.3 Å². The lowest BCUT2D eigenvalue weighted by Gasteiger charge is -2.41. The van der Waals surface area contributed by atoms with Gasteiger partial charge in [-0.05, 0) is 37.5 Å². The van der Waals surface area contributed by atoms with E-state index in [1.165, 1.54) is 12.8 Å². The average molecular weight is 492 g/mol. The van der Waals surface area contributed by atoms with Crippen LogP contribution in [0.3, 0.4) is 0 Å². The molecule has 3 aliphatic heterocycles. The highest BCUT2D eigenvalue weighted by molar-refractivity contribution is 6.20. The second-order valence-electron chi connectivity index (χ2n) is 9.86. The molecule has 34 heavy (non-hydrogen) atoms. The Balaban J connectivity index is 1.42. The molecule has 186 valence electrons. The van der Waals surface area contributed by atoms with Crippen molar-refractivity contribution in [3.63, 3.8) is 0 Å². The third-order valence-electron chi connectivity index (χ3n) is 7.29. The number of rotatable bonds is 4. The van der Waals surface area contributed by atoms with Crippen LogP contribution in [0.25, 0.3) is 0 Å². The summed E-state index contributed by atoms with van der Waals surface area (Å²) in [5.74, 6) is 0.282. The van der Waals surface area contributed by atoms with Crippen LogP contribution >= 0.6 is 11.6 Å². The van der Waals surface area contributed by atoms with Gasteiger partial charge in [-0.1, -0.05) is 6.07 Å². The minimum Gasteiger partial charge on any atom is -0.442 e. The maximum Gasteiger partial charge on any atom is 0.414 e. The van der Waals surface area contributed by atoms with Gasteiger partial charge in [-0.2, -0.15) is 0 Å². The fourth-order valence-corrected chi connectivity index (χ4v) is 5.67. The lowest BCUT2D eigenvalue weighted by Crippen LogP contribution is -2.55. The predicted octanol–water partition coefficient (Wildman–Crippen LogP) is 2.39. The van der Waals surface area contributed by atoms with E-state index >= 15 is 0 Å². The quantitative estimate of drug-likeness (QED) is 0.625. The minimum atomic E-state index is -0.493. The number of anilines is 2. The molecule has 5 atom stereocenters. The Morgan fingerprint density at radius 3 is 2.65 bits per heavy atom. The Hall–Kier alpha value is -1.91. The van der Waals surface area contributed by atoms with Gasteiger partial charge in [0.05, 0.1) is 17.4 Å². The van der Waals surface area contributed by atoms with Crippen LogP contribution in [0.5, 0.6) is 0 Å². The van der Waals surface area contributed by atoms with Gasteiger partial charge < -0.3 is 14.4 Å². The number of methoxy groups -OCH3 is 1. The monoisotopic (exact) mass is 491 g/mol. The third kappa shape index (κ3) is 4.64. The largest absolute Gasteiger partial charge is 0.442 e. The number of amides is 2. The molecule has 0 radical (unpaired) electrons. The van der Waals surface area contributed by atoms with Crippen molar-refractivity contribution in [2.75, 3.05) is 43.1 Å². The highest BCUT2D eigenvalue weighted by Crippen LogP contribution is 2.40. The van der Waals surface area contributed by atoms with E-state index in [2.05, 4.69) is 27.9 Å². The van der Waals surface area contributed by atoms with Gasteiger partial charge in [-0.3, -0.25) is 20.4 Å². The van der Waals surface area contributed by atoms with E-state index in [4.69, 9.17) is 21.1 Å². The van der Waals surface area contributed by atoms with Gasteiger partial charge >= 0.3 is 6.09 Å². The number of ether oxygens (including phenoxy) is 2. The van der Waals surface area contributed by atoms with E-state index in [0.717, 1.165) is 24.3 Å². The number of alkyl halides is 1. The predicted molar refractivity (Wildman–Crippen MR) is 130 cm³/mol. The molecule has 3 fully saturated rings. The molecule has 1 saturated carbocycles. The van der Waals surface area contributed by atoms with Crippen molar-refractivity contribution in [2.45, 2.75) is 68.8 Å². The Morgan fingerprint density at radius 1 is 1.15 bits per heavy atom. The molecule has 2 N–H and O–H groups in total. The number of hydrazine groups is 1. The number of halogens is 1. The molecule has 9 nitrogen and oxygen atoms in total. The molecule has 4 unspecified atom stereocenters. The summed E-state index contributed by atoms with van der Waals surface area (Å²) in [6.45, 7) is 6.28. The molecule has 0 spiro atoms. The minimum absolute atomic E-state index is 0.0436. The van der Waals surface area contributed by atoms with E-state index in [-0.39, 0.29) is 17.3 Å². The van der Waals surface area contributed by atoms with E-state index in [1.807, 2.05) is 13.0 Å². The van der Waals surface area contributed by atoms with Gasteiger partial charge in [0.2, 0.25) is 5.91 Å². The zero-order chi connectivity index (χ0) is 24.0. The van der Waals surface area contributed by atoms with Crippen molar-refractivity contribution in [2.24, 2.45) is 0 Å². The molecule has 1 aliphatic carbocycles. The summed E-state index contributed by atoms with van der Waals surface area (Å²) >= 11 is 6.32. The molecule has 2 saturated heterocycles. The Bertz CT molecular complexity index is 944. The molecule has 4 aliphatic rings. The molecule has 0 aromatic heterocycles. The van der Waals surface area contributed by atoms with Crippen LogP contribution in [0, 0.1) is 0 Å².